The standard InChI is InChI=1S/C14H16FIO3/c1-9(17)12(10(2)18)4-3-7-19-14-8-11(16)5-6-13(14)15/h5-6,8,12H,3-4,7H2,1-2H3. The lowest BCUT2D eigenvalue weighted by atomic mass is 9.95. The third kappa shape index (κ3) is 5.26. The molecule has 1 rings (SSSR count). The maximum absolute atomic E-state index is 13.4. The van der Waals surface area contributed by atoms with Gasteiger partial charge in [0.15, 0.2) is 11.6 Å². The van der Waals surface area contributed by atoms with Crippen molar-refractivity contribution in [2.75, 3.05) is 6.61 Å². The van der Waals surface area contributed by atoms with E-state index in [9.17, 15) is 14.0 Å². The van der Waals surface area contributed by atoms with E-state index in [2.05, 4.69) is 22.6 Å². The Kier molecular flexibility index (Phi) is 6.41. The zero-order chi connectivity index (χ0) is 14.4. The van der Waals surface area contributed by atoms with Crippen molar-refractivity contribution in [3.63, 3.8) is 0 Å². The number of hydrogen-bond acceptors (Lipinski definition) is 3. The van der Waals surface area contributed by atoms with E-state index < -0.39 is 11.7 Å². The van der Waals surface area contributed by atoms with Crippen molar-refractivity contribution < 1.29 is 18.7 Å². The summed E-state index contributed by atoms with van der Waals surface area (Å²) in [4.78, 5) is 22.5. The molecule has 0 atom stereocenters. The largest absolute Gasteiger partial charge is 0.490 e. The Balaban J connectivity index is 2.44. The van der Waals surface area contributed by atoms with Crippen molar-refractivity contribution in [1.82, 2.24) is 0 Å². The Morgan fingerprint density at radius 3 is 2.53 bits per heavy atom. The molecule has 0 spiro atoms. The first-order chi connectivity index (χ1) is 8.91. The predicted molar refractivity (Wildman–Crippen MR) is 78.7 cm³/mol. The maximum Gasteiger partial charge on any atom is 0.165 e. The highest BCUT2D eigenvalue weighted by molar-refractivity contribution is 14.1. The molecular weight excluding hydrogens is 362 g/mol. The molecule has 0 fully saturated rings. The van der Waals surface area contributed by atoms with Crippen LogP contribution >= 0.6 is 22.6 Å². The molecule has 0 radical (unpaired) electrons. The van der Waals surface area contributed by atoms with E-state index in [1.807, 2.05) is 0 Å². The molecule has 5 heteroatoms. The van der Waals surface area contributed by atoms with Gasteiger partial charge in [0.1, 0.15) is 11.6 Å². The molecule has 0 amide bonds. The average Bonchev–Trinajstić information content (AvgIpc) is 2.32. The number of ketones is 2. The lowest BCUT2D eigenvalue weighted by molar-refractivity contribution is -0.130. The lowest BCUT2D eigenvalue weighted by Crippen LogP contribution is -2.20. The number of carbonyl (C=O) groups excluding carboxylic acids is 2. The van der Waals surface area contributed by atoms with E-state index in [-0.39, 0.29) is 23.9 Å². The van der Waals surface area contributed by atoms with Gasteiger partial charge >= 0.3 is 0 Å². The van der Waals surface area contributed by atoms with Crippen molar-refractivity contribution >= 4 is 34.2 Å². The summed E-state index contributed by atoms with van der Waals surface area (Å²) in [5.41, 5.74) is 0. The van der Waals surface area contributed by atoms with Gasteiger partial charge in [0, 0.05) is 3.57 Å². The Morgan fingerprint density at radius 2 is 1.95 bits per heavy atom. The molecule has 0 aliphatic carbocycles. The summed E-state index contributed by atoms with van der Waals surface area (Å²) in [7, 11) is 0. The monoisotopic (exact) mass is 378 g/mol. The van der Waals surface area contributed by atoms with Crippen LogP contribution in [0.15, 0.2) is 18.2 Å². The Bertz CT molecular complexity index is 460. The average molecular weight is 378 g/mol. The maximum atomic E-state index is 13.4. The molecule has 1 aromatic carbocycles. The zero-order valence-corrected chi connectivity index (χ0v) is 13.1. The predicted octanol–water partition coefficient (Wildman–Crippen LogP) is 3.38. The van der Waals surface area contributed by atoms with Crippen molar-refractivity contribution in [2.45, 2.75) is 26.7 Å². The molecule has 0 heterocycles. The third-order valence-corrected chi connectivity index (χ3v) is 3.44. The fourth-order valence-electron chi connectivity index (χ4n) is 1.75. The molecule has 3 nitrogen and oxygen atoms in total. The number of ether oxygens (including phenoxy) is 1. The molecule has 0 saturated carbocycles. The van der Waals surface area contributed by atoms with Crippen molar-refractivity contribution in [1.29, 1.82) is 0 Å². The summed E-state index contributed by atoms with van der Waals surface area (Å²) < 4.78 is 19.6. The van der Waals surface area contributed by atoms with Gasteiger partial charge in [-0.25, -0.2) is 4.39 Å². The second-order valence-electron chi connectivity index (χ2n) is 4.34. The van der Waals surface area contributed by atoms with Crippen LogP contribution in [0.4, 0.5) is 4.39 Å². The van der Waals surface area contributed by atoms with E-state index in [1.54, 1.807) is 12.1 Å². The smallest absolute Gasteiger partial charge is 0.165 e. The minimum absolute atomic E-state index is 0.132. The van der Waals surface area contributed by atoms with E-state index in [0.717, 1.165) is 3.57 Å². The number of carbonyl (C=O) groups is 2. The van der Waals surface area contributed by atoms with Crippen LogP contribution in [0.1, 0.15) is 26.7 Å². The number of Topliss-reactive ketones (excluding diaryl/α,β-unsaturated/α-hetero) is 2. The van der Waals surface area contributed by atoms with Gasteiger partial charge in [0.2, 0.25) is 0 Å². The Morgan fingerprint density at radius 1 is 1.32 bits per heavy atom. The first kappa shape index (κ1) is 16.1. The number of rotatable bonds is 7. The summed E-state index contributed by atoms with van der Waals surface area (Å²) in [5, 5.41) is 0. The summed E-state index contributed by atoms with van der Waals surface area (Å²) in [5.74, 6) is -1.03. The molecular formula is C14H16FIO3. The van der Waals surface area contributed by atoms with Gasteiger partial charge in [0.05, 0.1) is 12.5 Å². The summed E-state index contributed by atoms with van der Waals surface area (Å²) in [6, 6.07) is 4.62. The minimum Gasteiger partial charge on any atom is -0.490 e. The van der Waals surface area contributed by atoms with Gasteiger partial charge < -0.3 is 4.74 Å². The fraction of sp³-hybridized carbons (Fsp3) is 0.429. The van der Waals surface area contributed by atoms with Crippen LogP contribution in [0.5, 0.6) is 5.75 Å². The van der Waals surface area contributed by atoms with Crippen LogP contribution in [0.25, 0.3) is 0 Å². The van der Waals surface area contributed by atoms with E-state index in [4.69, 9.17) is 4.74 Å². The summed E-state index contributed by atoms with van der Waals surface area (Å²) in [6.07, 6.45) is 0.977. The van der Waals surface area contributed by atoms with Gasteiger partial charge in [-0.15, -0.1) is 0 Å². The molecule has 0 aliphatic rings. The first-order valence-electron chi connectivity index (χ1n) is 6.00. The highest BCUT2D eigenvalue weighted by Gasteiger charge is 2.18. The van der Waals surface area contributed by atoms with Gasteiger partial charge in [-0.2, -0.15) is 0 Å². The number of hydrogen-bond donors (Lipinski definition) is 0. The third-order valence-electron chi connectivity index (χ3n) is 2.77. The molecule has 1 aromatic rings. The van der Waals surface area contributed by atoms with Crippen molar-refractivity contribution in [2.24, 2.45) is 5.92 Å². The fourth-order valence-corrected chi connectivity index (χ4v) is 2.21. The van der Waals surface area contributed by atoms with Crippen LogP contribution in [-0.4, -0.2) is 18.2 Å². The summed E-state index contributed by atoms with van der Waals surface area (Å²) in [6.45, 7) is 3.10. The Labute approximate surface area is 125 Å². The highest BCUT2D eigenvalue weighted by Crippen LogP contribution is 2.20. The topological polar surface area (TPSA) is 43.4 Å². The molecule has 0 saturated heterocycles. The molecule has 0 aromatic heterocycles. The van der Waals surface area contributed by atoms with Crippen molar-refractivity contribution in [3.8, 4) is 5.75 Å². The quantitative estimate of drug-likeness (QED) is 0.415. The molecule has 19 heavy (non-hydrogen) atoms. The SMILES string of the molecule is CC(=O)C(CCCOc1cc(I)ccc1F)C(C)=O. The van der Waals surface area contributed by atoms with Crippen LogP contribution in [0.2, 0.25) is 0 Å². The van der Waals surface area contributed by atoms with Crippen LogP contribution in [-0.2, 0) is 9.59 Å². The number of benzene rings is 1. The minimum atomic E-state index is -0.565. The highest BCUT2D eigenvalue weighted by atomic mass is 127. The van der Waals surface area contributed by atoms with Crippen LogP contribution < -0.4 is 4.74 Å². The van der Waals surface area contributed by atoms with Crippen LogP contribution in [0, 0.1) is 15.3 Å². The normalized spacial score (nSPS) is 10.6. The molecule has 0 unspecified atom stereocenters. The van der Waals surface area contributed by atoms with Gasteiger partial charge in [-0.3, -0.25) is 9.59 Å². The Hall–Kier alpha value is -0.980. The number of halogens is 2. The van der Waals surface area contributed by atoms with Gasteiger partial charge in [-0.1, -0.05) is 0 Å². The van der Waals surface area contributed by atoms with Gasteiger partial charge in [-0.05, 0) is 67.5 Å². The second kappa shape index (κ2) is 7.57. The molecule has 0 bridgehead atoms. The van der Waals surface area contributed by atoms with Crippen molar-refractivity contribution in [3.05, 3.63) is 27.6 Å². The molecule has 0 aliphatic heterocycles. The summed E-state index contributed by atoms with van der Waals surface area (Å²) >= 11 is 2.08. The van der Waals surface area contributed by atoms with E-state index in [0.29, 0.717) is 12.8 Å². The molecule has 104 valence electrons. The lowest BCUT2D eigenvalue weighted by Gasteiger charge is -2.11. The first-order valence-corrected chi connectivity index (χ1v) is 7.08. The van der Waals surface area contributed by atoms with Gasteiger partial charge in [0.25, 0.3) is 0 Å². The van der Waals surface area contributed by atoms with Crippen LogP contribution in [0.3, 0.4) is 0 Å². The zero-order valence-electron chi connectivity index (χ0n) is 10.9. The second-order valence-corrected chi connectivity index (χ2v) is 5.58. The van der Waals surface area contributed by atoms with E-state index >= 15 is 0 Å². The molecule has 0 N–H and O–H groups in total. The van der Waals surface area contributed by atoms with E-state index in [1.165, 1.54) is 19.9 Å².